The molecule has 5 heteroatoms. The van der Waals surface area contributed by atoms with Gasteiger partial charge in [0, 0.05) is 18.7 Å². The Hall–Kier alpha value is -1.88. The van der Waals surface area contributed by atoms with Crippen LogP contribution in [0, 0.1) is 13.8 Å². The standard InChI is InChI=1S/C15H19NO4/c1-10-3-4-13(11(2)7-10)15(19)16-5-6-20-12(9-16)8-14(17)18/h3-4,7,12H,5-6,8-9H2,1-2H3,(H,17,18). The summed E-state index contributed by atoms with van der Waals surface area (Å²) in [5.41, 5.74) is 2.73. The van der Waals surface area contributed by atoms with Gasteiger partial charge in [-0.2, -0.15) is 0 Å². The average Bonchev–Trinajstić information content (AvgIpc) is 2.37. The third-order valence-electron chi connectivity index (χ3n) is 3.44. The van der Waals surface area contributed by atoms with Crippen LogP contribution in [0.25, 0.3) is 0 Å². The molecule has 1 aromatic carbocycles. The highest BCUT2D eigenvalue weighted by molar-refractivity contribution is 5.95. The lowest BCUT2D eigenvalue weighted by Crippen LogP contribution is -2.46. The molecule has 1 aliphatic rings. The second kappa shape index (κ2) is 6.05. The van der Waals surface area contributed by atoms with Gasteiger partial charge < -0.3 is 14.7 Å². The van der Waals surface area contributed by atoms with Crippen molar-refractivity contribution in [2.75, 3.05) is 19.7 Å². The first kappa shape index (κ1) is 14.5. The molecule has 1 heterocycles. The quantitative estimate of drug-likeness (QED) is 0.911. The molecule has 1 unspecified atom stereocenters. The largest absolute Gasteiger partial charge is 0.481 e. The van der Waals surface area contributed by atoms with Gasteiger partial charge in [0.1, 0.15) is 0 Å². The molecular formula is C15H19NO4. The highest BCUT2D eigenvalue weighted by atomic mass is 16.5. The first-order valence-corrected chi connectivity index (χ1v) is 6.67. The molecule has 0 aliphatic carbocycles. The number of hydrogen-bond donors (Lipinski definition) is 1. The van der Waals surface area contributed by atoms with Crippen LogP contribution in [0.4, 0.5) is 0 Å². The Morgan fingerprint density at radius 3 is 2.80 bits per heavy atom. The van der Waals surface area contributed by atoms with E-state index in [1.54, 1.807) is 4.90 Å². The van der Waals surface area contributed by atoms with Crippen LogP contribution in [0.2, 0.25) is 0 Å². The van der Waals surface area contributed by atoms with Crippen molar-refractivity contribution in [2.24, 2.45) is 0 Å². The number of aliphatic carboxylic acids is 1. The molecule has 1 amide bonds. The maximum atomic E-state index is 12.5. The van der Waals surface area contributed by atoms with Crippen LogP contribution < -0.4 is 0 Å². The van der Waals surface area contributed by atoms with Crippen molar-refractivity contribution in [1.82, 2.24) is 4.90 Å². The minimum atomic E-state index is -0.907. The topological polar surface area (TPSA) is 66.8 Å². The summed E-state index contributed by atoms with van der Waals surface area (Å²) in [5, 5.41) is 8.80. The van der Waals surface area contributed by atoms with E-state index in [1.165, 1.54) is 0 Å². The molecule has 1 N–H and O–H groups in total. The molecule has 1 aliphatic heterocycles. The molecule has 0 aromatic heterocycles. The predicted molar refractivity (Wildman–Crippen MR) is 73.8 cm³/mol. The Morgan fingerprint density at radius 2 is 2.15 bits per heavy atom. The monoisotopic (exact) mass is 277 g/mol. The van der Waals surface area contributed by atoms with Crippen molar-refractivity contribution in [2.45, 2.75) is 26.4 Å². The SMILES string of the molecule is Cc1ccc(C(=O)N2CCOC(CC(=O)O)C2)c(C)c1. The second-order valence-corrected chi connectivity index (χ2v) is 5.16. The molecule has 2 rings (SSSR count). The number of amides is 1. The summed E-state index contributed by atoms with van der Waals surface area (Å²) in [4.78, 5) is 24.9. The van der Waals surface area contributed by atoms with Crippen LogP contribution in [-0.4, -0.2) is 47.7 Å². The summed E-state index contributed by atoms with van der Waals surface area (Å²) < 4.78 is 5.38. The highest BCUT2D eigenvalue weighted by Crippen LogP contribution is 2.16. The first-order valence-electron chi connectivity index (χ1n) is 6.67. The number of nitrogens with zero attached hydrogens (tertiary/aromatic N) is 1. The fraction of sp³-hybridized carbons (Fsp3) is 0.467. The van der Waals surface area contributed by atoms with Crippen molar-refractivity contribution in [3.63, 3.8) is 0 Å². The Bertz CT molecular complexity index is 527. The van der Waals surface area contributed by atoms with Crippen LogP contribution in [0.5, 0.6) is 0 Å². The van der Waals surface area contributed by atoms with Gasteiger partial charge in [-0.15, -0.1) is 0 Å². The Kier molecular flexibility index (Phi) is 4.39. The number of ether oxygens (including phenoxy) is 1. The van der Waals surface area contributed by atoms with Crippen molar-refractivity contribution in [3.8, 4) is 0 Å². The van der Waals surface area contributed by atoms with E-state index in [-0.39, 0.29) is 12.3 Å². The van der Waals surface area contributed by atoms with Crippen LogP contribution in [0.1, 0.15) is 27.9 Å². The van der Waals surface area contributed by atoms with E-state index in [0.29, 0.717) is 25.3 Å². The molecule has 1 fully saturated rings. The van der Waals surface area contributed by atoms with Gasteiger partial charge in [0.2, 0.25) is 0 Å². The number of carbonyl (C=O) groups is 2. The van der Waals surface area contributed by atoms with Gasteiger partial charge in [-0.1, -0.05) is 17.7 Å². The fourth-order valence-electron chi connectivity index (χ4n) is 2.45. The van der Waals surface area contributed by atoms with Crippen molar-refractivity contribution in [1.29, 1.82) is 0 Å². The van der Waals surface area contributed by atoms with Crippen molar-refractivity contribution in [3.05, 3.63) is 34.9 Å². The highest BCUT2D eigenvalue weighted by Gasteiger charge is 2.27. The zero-order chi connectivity index (χ0) is 14.7. The third-order valence-corrected chi connectivity index (χ3v) is 3.44. The van der Waals surface area contributed by atoms with Crippen molar-refractivity contribution >= 4 is 11.9 Å². The number of rotatable bonds is 3. The van der Waals surface area contributed by atoms with Crippen molar-refractivity contribution < 1.29 is 19.4 Å². The van der Waals surface area contributed by atoms with Gasteiger partial charge in [0.15, 0.2) is 0 Å². The van der Waals surface area contributed by atoms with Gasteiger partial charge in [-0.3, -0.25) is 9.59 Å². The summed E-state index contributed by atoms with van der Waals surface area (Å²) in [6, 6.07) is 5.71. The zero-order valence-corrected chi connectivity index (χ0v) is 11.8. The summed E-state index contributed by atoms with van der Waals surface area (Å²) in [6.45, 7) is 5.11. The Balaban J connectivity index is 2.10. The minimum Gasteiger partial charge on any atom is -0.481 e. The lowest BCUT2D eigenvalue weighted by atomic mass is 10.0. The molecule has 0 bridgehead atoms. The number of aryl methyl sites for hydroxylation is 2. The number of carbonyl (C=O) groups excluding carboxylic acids is 1. The van der Waals surface area contributed by atoms with Gasteiger partial charge >= 0.3 is 5.97 Å². The lowest BCUT2D eigenvalue weighted by Gasteiger charge is -2.32. The molecular weight excluding hydrogens is 258 g/mol. The van der Waals surface area contributed by atoms with E-state index in [9.17, 15) is 9.59 Å². The molecule has 1 atom stereocenters. The smallest absolute Gasteiger partial charge is 0.306 e. The molecule has 5 nitrogen and oxygen atoms in total. The summed E-state index contributed by atoms with van der Waals surface area (Å²) >= 11 is 0. The Labute approximate surface area is 118 Å². The van der Waals surface area contributed by atoms with Crippen LogP contribution in [0.3, 0.4) is 0 Å². The van der Waals surface area contributed by atoms with Crippen LogP contribution in [0.15, 0.2) is 18.2 Å². The van der Waals surface area contributed by atoms with E-state index in [1.807, 2.05) is 32.0 Å². The molecule has 0 radical (unpaired) electrons. The number of morpholine rings is 1. The number of hydrogen-bond acceptors (Lipinski definition) is 3. The lowest BCUT2D eigenvalue weighted by molar-refractivity contribution is -0.141. The van der Waals surface area contributed by atoms with E-state index >= 15 is 0 Å². The third kappa shape index (κ3) is 3.36. The molecule has 0 saturated carbocycles. The average molecular weight is 277 g/mol. The molecule has 1 saturated heterocycles. The number of carboxylic acid groups (broad SMARTS) is 1. The summed E-state index contributed by atoms with van der Waals surface area (Å²) in [7, 11) is 0. The molecule has 20 heavy (non-hydrogen) atoms. The fourth-order valence-corrected chi connectivity index (χ4v) is 2.45. The normalized spacial score (nSPS) is 18.9. The van der Waals surface area contributed by atoms with Gasteiger partial charge in [-0.25, -0.2) is 0 Å². The maximum Gasteiger partial charge on any atom is 0.306 e. The Morgan fingerprint density at radius 1 is 1.40 bits per heavy atom. The van der Waals surface area contributed by atoms with Gasteiger partial charge in [-0.05, 0) is 25.5 Å². The minimum absolute atomic E-state index is 0.0545. The summed E-state index contributed by atoms with van der Waals surface area (Å²) in [5.74, 6) is -0.961. The zero-order valence-electron chi connectivity index (χ0n) is 11.8. The summed E-state index contributed by atoms with van der Waals surface area (Å²) in [6.07, 6.45) is -0.493. The van der Waals surface area contributed by atoms with Gasteiger partial charge in [0.05, 0.1) is 19.1 Å². The van der Waals surface area contributed by atoms with E-state index in [4.69, 9.17) is 9.84 Å². The number of carboxylic acids is 1. The van der Waals surface area contributed by atoms with E-state index < -0.39 is 12.1 Å². The van der Waals surface area contributed by atoms with E-state index in [2.05, 4.69) is 0 Å². The first-order chi connectivity index (χ1) is 9.47. The molecule has 108 valence electrons. The molecule has 1 aromatic rings. The van der Waals surface area contributed by atoms with Crippen LogP contribution in [-0.2, 0) is 9.53 Å². The second-order valence-electron chi connectivity index (χ2n) is 5.16. The van der Waals surface area contributed by atoms with Crippen LogP contribution >= 0.6 is 0 Å². The molecule has 0 spiro atoms. The van der Waals surface area contributed by atoms with E-state index in [0.717, 1.165) is 11.1 Å². The number of benzene rings is 1. The maximum absolute atomic E-state index is 12.5. The van der Waals surface area contributed by atoms with Gasteiger partial charge in [0.25, 0.3) is 5.91 Å². The predicted octanol–water partition coefficient (Wildman–Crippen LogP) is 1.62.